The fraction of sp³-hybridized carbons (Fsp3) is 0.684. The Labute approximate surface area is 140 Å². The van der Waals surface area contributed by atoms with Crippen molar-refractivity contribution in [2.75, 3.05) is 26.8 Å². The zero-order chi connectivity index (χ0) is 16.4. The molecule has 1 aliphatic heterocycles. The van der Waals surface area contributed by atoms with Crippen LogP contribution in [0.15, 0.2) is 30.3 Å². The molecule has 2 atom stereocenters. The number of rotatable bonds is 10. The summed E-state index contributed by atoms with van der Waals surface area (Å²) in [5.41, 5.74) is 0.336. The highest BCUT2D eigenvalue weighted by molar-refractivity contribution is 5.24. The first-order valence-electron chi connectivity index (χ1n) is 8.98. The van der Waals surface area contributed by atoms with Crippen LogP contribution >= 0.6 is 0 Å². The number of nitrogens with zero attached hydrogens (tertiary/aromatic N) is 1. The maximum atomic E-state index is 6.31. The highest BCUT2D eigenvalue weighted by atomic mass is 16.6. The number of hydrogen-bond acceptors (Lipinski definition) is 3. The molecule has 0 bridgehead atoms. The lowest BCUT2D eigenvalue weighted by Gasteiger charge is -2.43. The fourth-order valence-corrected chi connectivity index (χ4v) is 3.12. The minimum absolute atomic E-state index is 0.237. The van der Waals surface area contributed by atoms with E-state index in [-0.39, 0.29) is 6.23 Å². The SMILES string of the molecule is CCCCCCCCOC1(c2ccccc2)[N]CCNC1OC. The first-order chi connectivity index (χ1) is 11.3. The first-order valence-corrected chi connectivity index (χ1v) is 8.98. The van der Waals surface area contributed by atoms with E-state index in [0.29, 0.717) is 6.61 Å². The van der Waals surface area contributed by atoms with Gasteiger partial charge in [0, 0.05) is 32.4 Å². The van der Waals surface area contributed by atoms with Crippen molar-refractivity contribution < 1.29 is 9.47 Å². The molecule has 1 radical (unpaired) electrons. The molecular formula is C19H31N2O2. The van der Waals surface area contributed by atoms with E-state index in [1.54, 1.807) is 7.11 Å². The molecule has 1 aromatic rings. The topological polar surface area (TPSA) is 44.6 Å². The molecule has 0 aromatic heterocycles. The van der Waals surface area contributed by atoms with Gasteiger partial charge in [0.1, 0.15) is 0 Å². The van der Waals surface area contributed by atoms with Crippen molar-refractivity contribution in [1.29, 1.82) is 0 Å². The molecule has 1 N–H and O–H groups in total. The monoisotopic (exact) mass is 319 g/mol. The van der Waals surface area contributed by atoms with Gasteiger partial charge in [-0.15, -0.1) is 0 Å². The third-order valence-electron chi connectivity index (χ3n) is 4.39. The van der Waals surface area contributed by atoms with E-state index in [1.165, 1.54) is 32.1 Å². The molecule has 4 nitrogen and oxygen atoms in total. The lowest BCUT2D eigenvalue weighted by molar-refractivity contribution is -0.188. The summed E-state index contributed by atoms with van der Waals surface area (Å²) in [4.78, 5) is 0. The van der Waals surface area contributed by atoms with Gasteiger partial charge in [0.25, 0.3) is 0 Å². The molecule has 1 fully saturated rings. The average molecular weight is 319 g/mol. The molecule has 4 heteroatoms. The lowest BCUT2D eigenvalue weighted by atomic mass is 9.98. The molecule has 2 unspecified atom stereocenters. The first kappa shape index (κ1) is 18.4. The van der Waals surface area contributed by atoms with Gasteiger partial charge in [-0.05, 0) is 6.42 Å². The third kappa shape index (κ3) is 5.01. The van der Waals surface area contributed by atoms with Crippen LogP contribution in [-0.4, -0.2) is 33.0 Å². The quantitative estimate of drug-likeness (QED) is 0.672. The van der Waals surface area contributed by atoms with Crippen molar-refractivity contribution in [2.24, 2.45) is 0 Å². The highest BCUT2D eigenvalue weighted by Gasteiger charge is 2.45. The molecule has 0 spiro atoms. The minimum atomic E-state index is -0.725. The van der Waals surface area contributed by atoms with Crippen LogP contribution in [0.25, 0.3) is 0 Å². The second-order valence-electron chi connectivity index (χ2n) is 6.13. The van der Waals surface area contributed by atoms with Gasteiger partial charge in [0.05, 0.1) is 0 Å². The fourth-order valence-electron chi connectivity index (χ4n) is 3.12. The molecular weight excluding hydrogens is 288 g/mol. The van der Waals surface area contributed by atoms with Gasteiger partial charge < -0.3 is 9.47 Å². The Balaban J connectivity index is 1.95. The van der Waals surface area contributed by atoms with E-state index in [2.05, 4.69) is 24.4 Å². The summed E-state index contributed by atoms with van der Waals surface area (Å²) in [6.07, 6.45) is 7.29. The second-order valence-corrected chi connectivity index (χ2v) is 6.13. The number of unbranched alkanes of at least 4 members (excludes halogenated alkanes) is 5. The van der Waals surface area contributed by atoms with Crippen molar-refractivity contribution in [2.45, 2.75) is 57.4 Å². The van der Waals surface area contributed by atoms with E-state index in [0.717, 1.165) is 25.1 Å². The van der Waals surface area contributed by atoms with Crippen LogP contribution in [0, 0.1) is 0 Å². The smallest absolute Gasteiger partial charge is 0.200 e. The molecule has 0 aliphatic carbocycles. The number of hydrogen-bond donors (Lipinski definition) is 1. The normalized spacial score (nSPS) is 24.7. The Morgan fingerprint density at radius 1 is 1.13 bits per heavy atom. The predicted molar refractivity (Wildman–Crippen MR) is 93.2 cm³/mol. The lowest BCUT2D eigenvalue weighted by Crippen LogP contribution is -2.62. The number of piperazine rings is 1. The summed E-state index contributed by atoms with van der Waals surface area (Å²) in [6, 6.07) is 10.2. The zero-order valence-corrected chi connectivity index (χ0v) is 14.6. The number of benzene rings is 1. The molecule has 0 saturated carbocycles. The molecule has 0 amide bonds. The van der Waals surface area contributed by atoms with Crippen LogP contribution in [0.3, 0.4) is 0 Å². The van der Waals surface area contributed by atoms with Crippen LogP contribution in [-0.2, 0) is 15.2 Å². The van der Waals surface area contributed by atoms with Crippen molar-refractivity contribution in [1.82, 2.24) is 10.6 Å². The van der Waals surface area contributed by atoms with E-state index in [1.807, 2.05) is 18.2 Å². The average Bonchev–Trinajstić information content (AvgIpc) is 2.62. The van der Waals surface area contributed by atoms with E-state index >= 15 is 0 Å². The summed E-state index contributed by atoms with van der Waals surface area (Å²) in [5, 5.41) is 8.21. The largest absolute Gasteiger partial charge is 0.362 e. The van der Waals surface area contributed by atoms with E-state index in [9.17, 15) is 0 Å². The molecule has 2 rings (SSSR count). The Morgan fingerprint density at radius 3 is 2.61 bits per heavy atom. The number of nitrogens with one attached hydrogen (secondary N) is 1. The van der Waals surface area contributed by atoms with Gasteiger partial charge in [-0.3, -0.25) is 5.32 Å². The summed E-state index contributed by atoms with van der Waals surface area (Å²) < 4.78 is 12.0. The molecule has 1 heterocycles. The standard InChI is InChI=1S/C19H31N2O2/c1-3-4-5-6-7-11-16-23-19(17-12-9-8-10-13-17)18(22-2)20-14-15-21-19/h8-10,12-13,18,20H,3-7,11,14-16H2,1-2H3. The van der Waals surface area contributed by atoms with Crippen molar-refractivity contribution in [3.05, 3.63) is 35.9 Å². The molecule has 1 aromatic carbocycles. The van der Waals surface area contributed by atoms with Crippen LogP contribution in [0.1, 0.15) is 51.0 Å². The second kappa shape index (κ2) is 10.0. The van der Waals surface area contributed by atoms with Crippen molar-refractivity contribution in [3.63, 3.8) is 0 Å². The number of methoxy groups -OCH3 is 1. The van der Waals surface area contributed by atoms with Gasteiger partial charge >= 0.3 is 0 Å². The predicted octanol–water partition coefficient (Wildman–Crippen LogP) is 3.40. The van der Waals surface area contributed by atoms with Crippen LogP contribution in [0.4, 0.5) is 0 Å². The maximum absolute atomic E-state index is 6.31. The summed E-state index contributed by atoms with van der Waals surface area (Å²) >= 11 is 0. The van der Waals surface area contributed by atoms with Gasteiger partial charge in [-0.1, -0.05) is 69.4 Å². The van der Waals surface area contributed by atoms with E-state index < -0.39 is 5.72 Å². The van der Waals surface area contributed by atoms with Gasteiger partial charge in [0.2, 0.25) is 0 Å². The van der Waals surface area contributed by atoms with Gasteiger partial charge in [0.15, 0.2) is 12.0 Å². The van der Waals surface area contributed by atoms with Gasteiger partial charge in [-0.25, -0.2) is 0 Å². The van der Waals surface area contributed by atoms with Gasteiger partial charge in [-0.2, -0.15) is 5.32 Å². The number of ether oxygens (including phenoxy) is 2. The highest BCUT2D eigenvalue weighted by Crippen LogP contribution is 2.30. The third-order valence-corrected chi connectivity index (χ3v) is 4.39. The molecule has 1 saturated heterocycles. The Morgan fingerprint density at radius 2 is 1.87 bits per heavy atom. The molecule has 23 heavy (non-hydrogen) atoms. The van der Waals surface area contributed by atoms with E-state index in [4.69, 9.17) is 14.8 Å². The summed E-state index contributed by atoms with van der Waals surface area (Å²) in [5.74, 6) is 0. The molecule has 1 aliphatic rings. The summed E-state index contributed by atoms with van der Waals surface area (Å²) in [7, 11) is 1.71. The Hall–Kier alpha value is -0.940. The van der Waals surface area contributed by atoms with Crippen molar-refractivity contribution in [3.8, 4) is 0 Å². The summed E-state index contributed by atoms with van der Waals surface area (Å²) in [6.45, 7) is 4.53. The van der Waals surface area contributed by atoms with Crippen LogP contribution < -0.4 is 10.6 Å². The minimum Gasteiger partial charge on any atom is -0.362 e. The molecule has 129 valence electrons. The van der Waals surface area contributed by atoms with Crippen LogP contribution in [0.5, 0.6) is 0 Å². The Bertz CT molecular complexity index is 427. The van der Waals surface area contributed by atoms with Crippen LogP contribution in [0.2, 0.25) is 0 Å². The van der Waals surface area contributed by atoms with Crippen molar-refractivity contribution >= 4 is 0 Å². The zero-order valence-electron chi connectivity index (χ0n) is 14.6. The maximum Gasteiger partial charge on any atom is 0.200 e. The Kier molecular flexibility index (Phi) is 8.03.